The van der Waals surface area contributed by atoms with Crippen LogP contribution < -0.4 is 0 Å². The summed E-state index contributed by atoms with van der Waals surface area (Å²) in [6, 6.07) is 0. The van der Waals surface area contributed by atoms with Crippen molar-refractivity contribution in [2.45, 2.75) is 13.8 Å². The SMILES string of the molecule is COCCOCCOC(=O)C1C(C=C(Cl)Cl)C1(C)C. The Balaban J connectivity index is 2.26. The number of allylic oxidation sites excluding steroid dienone is 1. The molecule has 1 aliphatic carbocycles. The van der Waals surface area contributed by atoms with E-state index in [4.69, 9.17) is 37.4 Å². The summed E-state index contributed by atoms with van der Waals surface area (Å²) in [5, 5.41) is 0. The molecule has 0 radical (unpaired) electrons. The summed E-state index contributed by atoms with van der Waals surface area (Å²) in [6.45, 7) is 5.64. The highest BCUT2D eigenvalue weighted by atomic mass is 35.5. The molecule has 0 heterocycles. The van der Waals surface area contributed by atoms with Crippen LogP contribution in [0.2, 0.25) is 0 Å². The average molecular weight is 311 g/mol. The lowest BCUT2D eigenvalue weighted by Crippen LogP contribution is -2.15. The largest absolute Gasteiger partial charge is 0.463 e. The van der Waals surface area contributed by atoms with Gasteiger partial charge in [0.15, 0.2) is 0 Å². The predicted octanol–water partition coefficient (Wildman–Crippen LogP) is 2.78. The summed E-state index contributed by atoms with van der Waals surface area (Å²) in [5.41, 5.74) is -0.150. The smallest absolute Gasteiger partial charge is 0.310 e. The third kappa shape index (κ3) is 4.95. The van der Waals surface area contributed by atoms with Crippen LogP contribution in [0.4, 0.5) is 0 Å². The summed E-state index contributed by atoms with van der Waals surface area (Å²) >= 11 is 11.3. The lowest BCUT2D eigenvalue weighted by molar-refractivity contribution is -0.147. The number of hydrogen-bond acceptors (Lipinski definition) is 4. The molecule has 0 aromatic rings. The summed E-state index contributed by atoms with van der Waals surface area (Å²) in [7, 11) is 1.61. The maximum absolute atomic E-state index is 11.9. The molecule has 1 rings (SSSR count). The van der Waals surface area contributed by atoms with Crippen LogP contribution in [-0.2, 0) is 19.0 Å². The molecule has 1 saturated carbocycles. The summed E-state index contributed by atoms with van der Waals surface area (Å²) in [5.74, 6) is -0.366. The van der Waals surface area contributed by atoms with Crippen molar-refractivity contribution in [3.8, 4) is 0 Å². The van der Waals surface area contributed by atoms with Gasteiger partial charge in [-0.15, -0.1) is 0 Å². The van der Waals surface area contributed by atoms with Crippen molar-refractivity contribution < 1.29 is 19.0 Å². The number of hydrogen-bond donors (Lipinski definition) is 0. The van der Waals surface area contributed by atoms with Crippen LogP contribution in [0, 0.1) is 17.3 Å². The molecule has 6 heteroatoms. The van der Waals surface area contributed by atoms with E-state index >= 15 is 0 Å². The van der Waals surface area contributed by atoms with E-state index in [2.05, 4.69) is 0 Å². The van der Waals surface area contributed by atoms with E-state index in [1.807, 2.05) is 13.8 Å². The Hall–Kier alpha value is -0.290. The van der Waals surface area contributed by atoms with Crippen molar-refractivity contribution in [2.75, 3.05) is 33.5 Å². The van der Waals surface area contributed by atoms with Crippen molar-refractivity contribution in [2.24, 2.45) is 17.3 Å². The fourth-order valence-corrected chi connectivity index (χ4v) is 2.38. The molecular weight excluding hydrogens is 291 g/mol. The number of halogens is 2. The van der Waals surface area contributed by atoms with E-state index in [1.54, 1.807) is 13.2 Å². The Morgan fingerprint density at radius 3 is 2.42 bits per heavy atom. The van der Waals surface area contributed by atoms with Crippen LogP contribution in [0.5, 0.6) is 0 Å². The van der Waals surface area contributed by atoms with Gasteiger partial charge >= 0.3 is 5.97 Å². The van der Waals surface area contributed by atoms with Crippen LogP contribution in [0.25, 0.3) is 0 Å². The van der Waals surface area contributed by atoms with Crippen molar-refractivity contribution in [3.63, 3.8) is 0 Å². The molecule has 0 aromatic carbocycles. The number of rotatable bonds is 8. The molecule has 0 aromatic heterocycles. The monoisotopic (exact) mass is 310 g/mol. The van der Waals surface area contributed by atoms with Gasteiger partial charge in [-0.25, -0.2) is 0 Å². The zero-order chi connectivity index (χ0) is 14.5. The molecule has 2 unspecified atom stereocenters. The minimum absolute atomic E-state index is 0.0411. The van der Waals surface area contributed by atoms with Gasteiger partial charge in [-0.1, -0.05) is 37.0 Å². The molecule has 0 aliphatic heterocycles. The third-order valence-electron chi connectivity index (χ3n) is 3.37. The Bertz CT molecular complexity index is 338. The Morgan fingerprint density at radius 1 is 1.21 bits per heavy atom. The lowest BCUT2D eigenvalue weighted by atomic mass is 10.1. The second kappa shape index (κ2) is 7.48. The van der Waals surface area contributed by atoms with Crippen LogP contribution >= 0.6 is 23.2 Å². The molecule has 1 aliphatic rings. The van der Waals surface area contributed by atoms with E-state index < -0.39 is 0 Å². The Kier molecular flexibility index (Phi) is 6.60. The number of ether oxygens (including phenoxy) is 3. The molecule has 0 N–H and O–H groups in total. The quantitative estimate of drug-likeness (QED) is 0.511. The van der Waals surface area contributed by atoms with Crippen molar-refractivity contribution >= 4 is 29.2 Å². The van der Waals surface area contributed by atoms with Gasteiger partial charge in [-0.3, -0.25) is 4.79 Å². The number of esters is 1. The third-order valence-corrected chi connectivity index (χ3v) is 3.63. The fraction of sp³-hybridized carbons (Fsp3) is 0.769. The van der Waals surface area contributed by atoms with Gasteiger partial charge in [-0.05, 0) is 17.4 Å². The first-order valence-electron chi connectivity index (χ1n) is 6.17. The molecule has 2 atom stereocenters. The molecule has 0 spiro atoms. The highest BCUT2D eigenvalue weighted by Gasteiger charge is 2.61. The van der Waals surface area contributed by atoms with Crippen LogP contribution in [-0.4, -0.2) is 39.5 Å². The highest BCUT2D eigenvalue weighted by Crippen LogP contribution is 2.60. The van der Waals surface area contributed by atoms with E-state index in [0.717, 1.165) is 0 Å². The van der Waals surface area contributed by atoms with E-state index in [9.17, 15) is 4.79 Å². The Labute approximate surface area is 124 Å². The molecular formula is C13H20Cl2O4. The summed E-state index contributed by atoms with van der Waals surface area (Å²) in [4.78, 5) is 11.9. The zero-order valence-electron chi connectivity index (χ0n) is 11.4. The number of carbonyl (C=O) groups excluding carboxylic acids is 1. The Morgan fingerprint density at radius 2 is 1.84 bits per heavy atom. The highest BCUT2D eigenvalue weighted by molar-refractivity contribution is 6.55. The maximum Gasteiger partial charge on any atom is 0.310 e. The van der Waals surface area contributed by atoms with E-state index in [-0.39, 0.29) is 34.3 Å². The van der Waals surface area contributed by atoms with Gasteiger partial charge in [0, 0.05) is 7.11 Å². The second-order valence-electron chi connectivity index (χ2n) is 5.05. The normalized spacial score (nSPS) is 23.8. The van der Waals surface area contributed by atoms with Gasteiger partial charge < -0.3 is 14.2 Å². The number of carbonyl (C=O) groups is 1. The second-order valence-corrected chi connectivity index (χ2v) is 6.06. The van der Waals surface area contributed by atoms with Crippen molar-refractivity contribution in [1.82, 2.24) is 0 Å². The van der Waals surface area contributed by atoms with Crippen LogP contribution in [0.1, 0.15) is 13.8 Å². The van der Waals surface area contributed by atoms with Crippen LogP contribution in [0.3, 0.4) is 0 Å². The molecule has 0 bridgehead atoms. The molecule has 19 heavy (non-hydrogen) atoms. The zero-order valence-corrected chi connectivity index (χ0v) is 13.0. The molecule has 110 valence electrons. The lowest BCUT2D eigenvalue weighted by Gasteiger charge is -2.06. The average Bonchev–Trinajstić information content (AvgIpc) is 2.84. The first-order valence-corrected chi connectivity index (χ1v) is 6.93. The molecule has 0 amide bonds. The van der Waals surface area contributed by atoms with Gasteiger partial charge in [0.05, 0.1) is 25.7 Å². The maximum atomic E-state index is 11.9. The van der Waals surface area contributed by atoms with E-state index in [1.165, 1.54) is 0 Å². The minimum Gasteiger partial charge on any atom is -0.463 e. The van der Waals surface area contributed by atoms with Crippen molar-refractivity contribution in [1.29, 1.82) is 0 Å². The van der Waals surface area contributed by atoms with Gasteiger partial charge in [0.1, 0.15) is 11.1 Å². The standard InChI is InChI=1S/C13H20Cl2O4/c1-13(2)9(8-10(14)15)11(13)12(16)19-7-6-18-5-4-17-3/h8-9,11H,4-7H2,1-3H3. The van der Waals surface area contributed by atoms with E-state index in [0.29, 0.717) is 19.8 Å². The first kappa shape index (κ1) is 16.8. The molecule has 1 fully saturated rings. The van der Waals surface area contributed by atoms with Gasteiger partial charge in [0.2, 0.25) is 0 Å². The fourth-order valence-electron chi connectivity index (χ4n) is 2.11. The minimum atomic E-state index is -0.226. The van der Waals surface area contributed by atoms with Gasteiger partial charge in [0.25, 0.3) is 0 Å². The topological polar surface area (TPSA) is 44.8 Å². The number of methoxy groups -OCH3 is 1. The van der Waals surface area contributed by atoms with Crippen LogP contribution in [0.15, 0.2) is 10.6 Å². The van der Waals surface area contributed by atoms with Crippen molar-refractivity contribution in [3.05, 3.63) is 10.6 Å². The first-order chi connectivity index (χ1) is 8.91. The van der Waals surface area contributed by atoms with Gasteiger partial charge in [-0.2, -0.15) is 0 Å². The summed E-state index contributed by atoms with van der Waals surface area (Å²) < 4.78 is 15.4. The molecule has 0 saturated heterocycles. The summed E-state index contributed by atoms with van der Waals surface area (Å²) in [6.07, 6.45) is 1.70. The predicted molar refractivity (Wildman–Crippen MR) is 74.2 cm³/mol. The molecule has 4 nitrogen and oxygen atoms in total.